The summed E-state index contributed by atoms with van der Waals surface area (Å²) in [6, 6.07) is 2.82. The maximum absolute atomic E-state index is 13.4. The second-order valence-electron chi connectivity index (χ2n) is 3.32. The highest BCUT2D eigenvalue weighted by atomic mass is 19.1. The van der Waals surface area contributed by atoms with Crippen molar-refractivity contribution in [2.24, 2.45) is 5.73 Å². The van der Waals surface area contributed by atoms with E-state index in [2.05, 4.69) is 0 Å². The van der Waals surface area contributed by atoms with Crippen LogP contribution in [-0.4, -0.2) is 6.61 Å². The van der Waals surface area contributed by atoms with Crippen molar-refractivity contribution in [3.63, 3.8) is 0 Å². The van der Waals surface area contributed by atoms with E-state index in [1.807, 2.05) is 0 Å². The summed E-state index contributed by atoms with van der Waals surface area (Å²) in [4.78, 5) is 0. The van der Waals surface area contributed by atoms with E-state index in [1.54, 1.807) is 13.0 Å². The summed E-state index contributed by atoms with van der Waals surface area (Å²) in [6.45, 7) is 2.43. The monoisotopic (exact) mass is 181 g/mol. The van der Waals surface area contributed by atoms with Crippen LogP contribution in [0.5, 0.6) is 5.75 Å². The fourth-order valence-corrected chi connectivity index (χ4v) is 1.76. The van der Waals surface area contributed by atoms with Crippen LogP contribution < -0.4 is 10.5 Å². The molecule has 0 saturated heterocycles. The van der Waals surface area contributed by atoms with E-state index in [0.29, 0.717) is 12.2 Å². The Balaban J connectivity index is 2.58. The molecule has 1 aliphatic heterocycles. The second-order valence-corrected chi connectivity index (χ2v) is 3.32. The molecule has 0 fully saturated rings. The Morgan fingerprint density at radius 3 is 3.00 bits per heavy atom. The molecule has 0 spiro atoms. The number of fused-ring (bicyclic) bond motifs is 1. The van der Waals surface area contributed by atoms with E-state index in [4.69, 9.17) is 10.5 Å². The molecule has 0 amide bonds. The van der Waals surface area contributed by atoms with E-state index in [0.717, 1.165) is 17.7 Å². The summed E-state index contributed by atoms with van der Waals surface area (Å²) < 4.78 is 18.7. The molecule has 3 heteroatoms. The first-order valence-corrected chi connectivity index (χ1v) is 4.40. The first kappa shape index (κ1) is 8.51. The summed E-state index contributed by atoms with van der Waals surface area (Å²) in [6.07, 6.45) is 0.768. The van der Waals surface area contributed by atoms with Crippen LogP contribution in [0.25, 0.3) is 0 Å². The summed E-state index contributed by atoms with van der Waals surface area (Å²) in [5.41, 5.74) is 7.24. The maximum atomic E-state index is 13.4. The van der Waals surface area contributed by atoms with Gasteiger partial charge < -0.3 is 10.5 Å². The third kappa shape index (κ3) is 1.29. The molecule has 0 radical (unpaired) electrons. The standard InChI is InChI=1S/C10H12FNO/c1-6(12)10-7-4-5-13-9(7)3-2-8(10)11/h2-3,6H,4-5,12H2,1H3. The van der Waals surface area contributed by atoms with Crippen molar-refractivity contribution in [3.8, 4) is 5.75 Å². The zero-order valence-corrected chi connectivity index (χ0v) is 7.51. The first-order valence-electron chi connectivity index (χ1n) is 4.40. The van der Waals surface area contributed by atoms with Crippen LogP contribution >= 0.6 is 0 Å². The molecule has 1 aliphatic rings. The minimum absolute atomic E-state index is 0.223. The van der Waals surface area contributed by atoms with Gasteiger partial charge in [-0.05, 0) is 19.1 Å². The quantitative estimate of drug-likeness (QED) is 0.716. The lowest BCUT2D eigenvalue weighted by molar-refractivity contribution is 0.356. The number of rotatable bonds is 1. The number of hydrogen-bond acceptors (Lipinski definition) is 2. The topological polar surface area (TPSA) is 35.2 Å². The van der Waals surface area contributed by atoms with Crippen molar-refractivity contribution in [1.29, 1.82) is 0 Å². The van der Waals surface area contributed by atoms with Gasteiger partial charge in [-0.1, -0.05) is 0 Å². The Kier molecular flexibility index (Phi) is 1.96. The van der Waals surface area contributed by atoms with Crippen molar-refractivity contribution in [2.45, 2.75) is 19.4 Å². The van der Waals surface area contributed by atoms with E-state index in [9.17, 15) is 4.39 Å². The molecule has 2 nitrogen and oxygen atoms in total. The Morgan fingerprint density at radius 1 is 1.54 bits per heavy atom. The molecule has 1 aromatic rings. The SMILES string of the molecule is CC(N)c1c(F)ccc2c1CCO2. The van der Waals surface area contributed by atoms with Gasteiger partial charge in [-0.3, -0.25) is 0 Å². The average Bonchev–Trinajstić information content (AvgIpc) is 2.50. The van der Waals surface area contributed by atoms with Crippen molar-refractivity contribution in [1.82, 2.24) is 0 Å². The number of hydrogen-bond donors (Lipinski definition) is 1. The number of halogens is 1. The highest BCUT2D eigenvalue weighted by Gasteiger charge is 2.21. The van der Waals surface area contributed by atoms with E-state index < -0.39 is 0 Å². The number of nitrogens with two attached hydrogens (primary N) is 1. The Morgan fingerprint density at radius 2 is 2.31 bits per heavy atom. The van der Waals surface area contributed by atoms with Gasteiger partial charge in [-0.2, -0.15) is 0 Å². The molecule has 13 heavy (non-hydrogen) atoms. The van der Waals surface area contributed by atoms with Crippen LogP contribution in [0.15, 0.2) is 12.1 Å². The molecule has 1 heterocycles. The molecule has 2 N–H and O–H groups in total. The zero-order valence-electron chi connectivity index (χ0n) is 7.51. The molecule has 0 aliphatic carbocycles. The van der Waals surface area contributed by atoms with Gasteiger partial charge in [-0.15, -0.1) is 0 Å². The Bertz CT molecular complexity index is 336. The fourth-order valence-electron chi connectivity index (χ4n) is 1.76. The molecule has 2 rings (SSSR count). The van der Waals surface area contributed by atoms with Crippen LogP contribution in [-0.2, 0) is 6.42 Å². The average molecular weight is 181 g/mol. The van der Waals surface area contributed by atoms with Gasteiger partial charge in [0, 0.05) is 23.6 Å². The summed E-state index contributed by atoms with van der Waals surface area (Å²) in [5.74, 6) is 0.563. The molecule has 1 aromatic carbocycles. The van der Waals surface area contributed by atoms with Crippen molar-refractivity contribution >= 4 is 0 Å². The normalized spacial score (nSPS) is 16.5. The van der Waals surface area contributed by atoms with Gasteiger partial charge in [0.05, 0.1) is 6.61 Å². The predicted octanol–water partition coefficient (Wildman–Crippen LogP) is 1.78. The van der Waals surface area contributed by atoms with E-state index in [-0.39, 0.29) is 11.9 Å². The molecular formula is C10H12FNO. The van der Waals surface area contributed by atoms with Crippen molar-refractivity contribution < 1.29 is 9.13 Å². The lowest BCUT2D eigenvalue weighted by Crippen LogP contribution is -2.10. The summed E-state index contributed by atoms with van der Waals surface area (Å²) in [5, 5.41) is 0. The van der Waals surface area contributed by atoms with Gasteiger partial charge in [0.15, 0.2) is 0 Å². The van der Waals surface area contributed by atoms with Gasteiger partial charge in [-0.25, -0.2) is 4.39 Å². The van der Waals surface area contributed by atoms with Crippen LogP contribution in [0.4, 0.5) is 4.39 Å². The van der Waals surface area contributed by atoms with Gasteiger partial charge >= 0.3 is 0 Å². The predicted molar refractivity (Wildman–Crippen MR) is 48.2 cm³/mol. The molecule has 0 saturated carbocycles. The van der Waals surface area contributed by atoms with Crippen LogP contribution in [0, 0.1) is 5.82 Å². The van der Waals surface area contributed by atoms with Crippen molar-refractivity contribution in [3.05, 3.63) is 29.1 Å². The molecule has 1 atom stereocenters. The van der Waals surface area contributed by atoms with Gasteiger partial charge in [0.25, 0.3) is 0 Å². The van der Waals surface area contributed by atoms with Crippen LogP contribution in [0.2, 0.25) is 0 Å². The first-order chi connectivity index (χ1) is 6.20. The third-order valence-corrected chi connectivity index (χ3v) is 2.33. The second kappa shape index (κ2) is 3.00. The molecule has 1 unspecified atom stereocenters. The summed E-state index contributed by atoms with van der Waals surface area (Å²) in [7, 11) is 0. The summed E-state index contributed by atoms with van der Waals surface area (Å²) >= 11 is 0. The fraction of sp³-hybridized carbons (Fsp3) is 0.400. The molecule has 0 aromatic heterocycles. The highest BCUT2D eigenvalue weighted by molar-refractivity contribution is 5.44. The zero-order chi connectivity index (χ0) is 9.42. The largest absolute Gasteiger partial charge is 0.493 e. The minimum atomic E-state index is -0.267. The molecule has 70 valence electrons. The van der Waals surface area contributed by atoms with Gasteiger partial charge in [0.2, 0.25) is 0 Å². The lowest BCUT2D eigenvalue weighted by Gasteiger charge is -2.11. The smallest absolute Gasteiger partial charge is 0.128 e. The molecular weight excluding hydrogens is 169 g/mol. The van der Waals surface area contributed by atoms with Gasteiger partial charge in [0.1, 0.15) is 11.6 Å². The highest BCUT2D eigenvalue weighted by Crippen LogP contribution is 2.32. The Labute approximate surface area is 76.5 Å². The molecule has 0 bridgehead atoms. The van der Waals surface area contributed by atoms with Crippen LogP contribution in [0.3, 0.4) is 0 Å². The number of benzene rings is 1. The lowest BCUT2D eigenvalue weighted by atomic mass is 9.99. The van der Waals surface area contributed by atoms with Crippen molar-refractivity contribution in [2.75, 3.05) is 6.61 Å². The third-order valence-electron chi connectivity index (χ3n) is 2.33. The van der Waals surface area contributed by atoms with Crippen LogP contribution in [0.1, 0.15) is 24.1 Å². The minimum Gasteiger partial charge on any atom is -0.493 e. The van der Waals surface area contributed by atoms with E-state index in [1.165, 1.54) is 6.07 Å². The Hall–Kier alpha value is -1.09. The maximum Gasteiger partial charge on any atom is 0.128 e. The van der Waals surface area contributed by atoms with E-state index >= 15 is 0 Å². The number of ether oxygens (including phenoxy) is 1.